The van der Waals surface area contributed by atoms with Crippen molar-refractivity contribution in [1.29, 1.82) is 0 Å². The predicted octanol–water partition coefficient (Wildman–Crippen LogP) is 5.99. The van der Waals surface area contributed by atoms with E-state index in [9.17, 15) is 9.50 Å². The zero-order chi connectivity index (χ0) is 30.2. The summed E-state index contributed by atoms with van der Waals surface area (Å²) >= 11 is 1.02. The number of nitrogens with zero attached hydrogens (tertiary/aromatic N) is 5. The van der Waals surface area contributed by atoms with E-state index in [-0.39, 0.29) is 50.1 Å². The van der Waals surface area contributed by atoms with Gasteiger partial charge in [0.15, 0.2) is 10.9 Å². The number of aliphatic hydroxyl groups excluding tert-OH is 1. The first-order chi connectivity index (χ1) is 21.3. The van der Waals surface area contributed by atoms with Crippen LogP contribution in [0.4, 0.5) is 19.7 Å². The molecule has 0 bridgehead atoms. The van der Waals surface area contributed by atoms with Crippen LogP contribution in [0.3, 0.4) is 0 Å². The maximum absolute atomic E-state index is 17.2. The molecule has 2 aliphatic heterocycles. The van der Waals surface area contributed by atoms with Crippen LogP contribution < -0.4 is 15.4 Å². The average Bonchev–Trinajstić information content (AvgIpc) is 3.79. The first kappa shape index (κ1) is 27.7. The zero-order valence-corrected chi connectivity index (χ0v) is 25.0. The van der Waals surface area contributed by atoms with Crippen molar-refractivity contribution >= 4 is 43.4 Å². The van der Waals surface area contributed by atoms with Crippen molar-refractivity contribution in [1.82, 2.24) is 19.9 Å². The number of hydrogen-bond donors (Lipinski definition) is 2. The van der Waals surface area contributed by atoms with E-state index in [2.05, 4.69) is 14.9 Å². The summed E-state index contributed by atoms with van der Waals surface area (Å²) in [4.78, 5) is 18.4. The third-order valence-electron chi connectivity index (χ3n) is 9.76. The van der Waals surface area contributed by atoms with E-state index in [1.54, 1.807) is 12.3 Å². The van der Waals surface area contributed by atoms with Crippen molar-refractivity contribution in [2.45, 2.75) is 56.2 Å². The summed E-state index contributed by atoms with van der Waals surface area (Å²) in [5.74, 6) is -0.553. The SMILES string of the molecule is CN(c1nc(OCC23CCCN2CCC3)nc2c(F)c(-c3ccc(F)c4sc(N)nc34)c(-c3ccoc3)cc12)C1CC(O)C1. The highest BCUT2D eigenvalue weighted by Gasteiger charge is 2.45. The minimum absolute atomic E-state index is 0.0320. The second kappa shape index (κ2) is 10.4. The molecule has 0 atom stereocenters. The molecule has 3 fully saturated rings. The van der Waals surface area contributed by atoms with Gasteiger partial charge in [-0.2, -0.15) is 9.97 Å². The molecule has 2 aromatic carbocycles. The van der Waals surface area contributed by atoms with Gasteiger partial charge in [0.25, 0.3) is 0 Å². The number of benzene rings is 2. The van der Waals surface area contributed by atoms with Crippen LogP contribution in [0.15, 0.2) is 41.2 Å². The summed E-state index contributed by atoms with van der Waals surface area (Å²) in [7, 11) is 1.90. The van der Waals surface area contributed by atoms with Crippen molar-refractivity contribution in [2.75, 3.05) is 37.4 Å². The number of thiazole rings is 1. The van der Waals surface area contributed by atoms with Gasteiger partial charge in [-0.1, -0.05) is 11.3 Å². The molecule has 9 nitrogen and oxygen atoms in total. The van der Waals surface area contributed by atoms with Crippen molar-refractivity contribution in [3.63, 3.8) is 0 Å². The molecule has 3 N–H and O–H groups in total. The van der Waals surface area contributed by atoms with Crippen molar-refractivity contribution in [2.24, 2.45) is 0 Å². The van der Waals surface area contributed by atoms with E-state index in [0.717, 1.165) is 50.1 Å². The highest BCUT2D eigenvalue weighted by molar-refractivity contribution is 7.22. The van der Waals surface area contributed by atoms with E-state index < -0.39 is 11.6 Å². The number of aromatic nitrogens is 3. The van der Waals surface area contributed by atoms with Crippen molar-refractivity contribution in [3.05, 3.63) is 48.4 Å². The van der Waals surface area contributed by atoms with Crippen LogP contribution in [0.2, 0.25) is 0 Å². The Morgan fingerprint density at radius 2 is 1.91 bits per heavy atom. The highest BCUT2D eigenvalue weighted by Crippen LogP contribution is 2.45. The molecule has 12 heteroatoms. The Balaban J connectivity index is 1.34. The van der Waals surface area contributed by atoms with Crippen LogP contribution in [0.5, 0.6) is 6.01 Å². The molecular formula is C32H32F2N6O3S. The fraction of sp³-hybridized carbons (Fsp3) is 0.406. The number of nitrogens with two attached hydrogens (primary N) is 1. The summed E-state index contributed by atoms with van der Waals surface area (Å²) in [5, 5.41) is 10.7. The lowest BCUT2D eigenvalue weighted by Crippen LogP contribution is -2.46. The number of nitrogen functional groups attached to an aromatic ring is 1. The zero-order valence-electron chi connectivity index (χ0n) is 24.2. The van der Waals surface area contributed by atoms with Gasteiger partial charge >= 0.3 is 6.01 Å². The summed E-state index contributed by atoms with van der Waals surface area (Å²) in [6, 6.07) is 6.57. The van der Waals surface area contributed by atoms with Gasteiger partial charge < -0.3 is 24.9 Å². The highest BCUT2D eigenvalue weighted by atomic mass is 32.1. The topological polar surface area (TPSA) is 114 Å². The number of anilines is 2. The molecule has 228 valence electrons. The molecule has 0 unspecified atom stereocenters. The van der Waals surface area contributed by atoms with E-state index in [4.69, 9.17) is 19.9 Å². The summed E-state index contributed by atoms with van der Waals surface area (Å²) in [5.41, 5.74) is 8.08. The molecule has 0 radical (unpaired) electrons. The van der Waals surface area contributed by atoms with Crippen LogP contribution in [0.25, 0.3) is 43.4 Å². The Bertz CT molecular complexity index is 1880. The van der Waals surface area contributed by atoms with E-state index in [1.807, 2.05) is 18.0 Å². The molecule has 1 aliphatic carbocycles. The molecule has 0 spiro atoms. The normalized spacial score (nSPS) is 21.2. The Morgan fingerprint density at radius 1 is 1.11 bits per heavy atom. The molecule has 1 saturated carbocycles. The van der Waals surface area contributed by atoms with E-state index >= 15 is 4.39 Å². The minimum atomic E-state index is -0.602. The van der Waals surface area contributed by atoms with Crippen LogP contribution in [-0.2, 0) is 0 Å². The number of aliphatic hydroxyl groups is 1. The predicted molar refractivity (Wildman–Crippen MR) is 166 cm³/mol. The first-order valence-electron chi connectivity index (χ1n) is 15.0. The number of halogens is 2. The standard InChI is InChI=1S/C32H32F2N6O3S/c1-39(18-12-19(41)13-18)29-22-14-21(17-6-11-42-15-17)24(20-4-5-23(33)28-27(20)36-30(35)44-28)25(34)26(22)37-31(38-29)43-16-32-7-2-9-40(32)10-3-8-32/h4-6,11,14-15,18-19,41H,2-3,7-10,12-13,16H2,1H3,(H2,35,36). The third kappa shape index (κ3) is 4.33. The molecule has 0 amide bonds. The number of ether oxygens (including phenoxy) is 1. The van der Waals surface area contributed by atoms with Gasteiger partial charge in [0.2, 0.25) is 0 Å². The van der Waals surface area contributed by atoms with Crippen LogP contribution in [-0.4, -0.2) is 69.4 Å². The quantitative estimate of drug-likeness (QED) is 0.227. The fourth-order valence-electron chi connectivity index (χ4n) is 7.34. The molecule has 5 aromatic rings. The summed E-state index contributed by atoms with van der Waals surface area (Å²) in [6.07, 6.45) is 8.22. The maximum atomic E-state index is 17.2. The third-order valence-corrected chi connectivity index (χ3v) is 10.6. The van der Waals surface area contributed by atoms with Gasteiger partial charge in [0.1, 0.15) is 23.8 Å². The number of rotatable bonds is 7. The van der Waals surface area contributed by atoms with Gasteiger partial charge in [-0.3, -0.25) is 4.90 Å². The second-order valence-corrected chi connectivity index (χ2v) is 13.3. The largest absolute Gasteiger partial charge is 0.472 e. The van der Waals surface area contributed by atoms with Crippen molar-refractivity contribution in [3.8, 4) is 28.3 Å². The molecule has 3 aromatic heterocycles. The van der Waals surface area contributed by atoms with Gasteiger partial charge in [0, 0.05) is 35.2 Å². The summed E-state index contributed by atoms with van der Waals surface area (Å²) < 4.78 is 44.0. The lowest BCUT2D eigenvalue weighted by atomic mass is 9.88. The van der Waals surface area contributed by atoms with E-state index in [0.29, 0.717) is 47.3 Å². The Kier molecular flexibility index (Phi) is 6.51. The lowest BCUT2D eigenvalue weighted by molar-refractivity contribution is 0.0748. The monoisotopic (exact) mass is 618 g/mol. The smallest absolute Gasteiger partial charge is 0.319 e. The summed E-state index contributed by atoms with van der Waals surface area (Å²) in [6.45, 7) is 2.55. The Morgan fingerprint density at radius 3 is 2.64 bits per heavy atom. The molecule has 8 rings (SSSR count). The maximum Gasteiger partial charge on any atom is 0.319 e. The fourth-order valence-corrected chi connectivity index (χ4v) is 8.10. The molecule has 2 saturated heterocycles. The van der Waals surface area contributed by atoms with Crippen LogP contribution >= 0.6 is 11.3 Å². The van der Waals surface area contributed by atoms with Gasteiger partial charge in [-0.05, 0) is 81.4 Å². The van der Waals surface area contributed by atoms with Crippen LogP contribution in [0, 0.1) is 11.6 Å². The van der Waals surface area contributed by atoms with Gasteiger partial charge in [-0.15, -0.1) is 0 Å². The first-order valence-corrected chi connectivity index (χ1v) is 15.8. The Hall–Kier alpha value is -3.87. The Labute approximate surface area is 256 Å². The number of furan rings is 1. The van der Waals surface area contributed by atoms with Gasteiger partial charge in [-0.25, -0.2) is 13.8 Å². The lowest BCUT2D eigenvalue weighted by Gasteiger charge is -2.39. The molecule has 3 aliphatic rings. The second-order valence-electron chi connectivity index (χ2n) is 12.3. The molecular weight excluding hydrogens is 586 g/mol. The molecule has 44 heavy (non-hydrogen) atoms. The van der Waals surface area contributed by atoms with E-state index in [1.165, 1.54) is 18.4 Å². The van der Waals surface area contributed by atoms with Crippen molar-refractivity contribution < 1.29 is 23.0 Å². The number of fused-ring (bicyclic) bond motifs is 3. The minimum Gasteiger partial charge on any atom is -0.472 e. The van der Waals surface area contributed by atoms with Crippen LogP contribution in [0.1, 0.15) is 38.5 Å². The molecule has 5 heterocycles. The average molecular weight is 619 g/mol. The number of hydrogen-bond acceptors (Lipinski definition) is 10. The van der Waals surface area contributed by atoms with Gasteiger partial charge in [0.05, 0.1) is 34.4 Å².